The van der Waals surface area contributed by atoms with Crippen LogP contribution in [0.25, 0.3) is 0 Å². The van der Waals surface area contributed by atoms with E-state index in [1.54, 1.807) is 12.2 Å². The van der Waals surface area contributed by atoms with Crippen LogP contribution in [-0.2, 0) is 4.79 Å². The van der Waals surface area contributed by atoms with Gasteiger partial charge in [0, 0.05) is 13.1 Å². The molecule has 15 heavy (non-hydrogen) atoms. The summed E-state index contributed by atoms with van der Waals surface area (Å²) in [5, 5.41) is 11.7. The Morgan fingerprint density at radius 1 is 1.67 bits per heavy atom. The minimum Gasteiger partial charge on any atom is -0.382 e. The molecule has 0 saturated carbocycles. The highest BCUT2D eigenvalue weighted by Crippen LogP contribution is 1.95. The molecule has 0 bridgehead atoms. The standard InChI is InChI=1S/C11H18N2O2/c1-3-5-6-9(4-2)8-13-11(15)10(14)7-12/h3-6,10,14H,1,7-8,12H2,2H3,(H,13,15)/b6-5-,9-4+. The molecule has 0 heterocycles. The van der Waals surface area contributed by atoms with E-state index >= 15 is 0 Å². The van der Waals surface area contributed by atoms with E-state index in [4.69, 9.17) is 10.8 Å². The van der Waals surface area contributed by atoms with Gasteiger partial charge >= 0.3 is 0 Å². The fraction of sp³-hybridized carbons (Fsp3) is 0.364. The molecule has 0 aromatic carbocycles. The Hall–Kier alpha value is -1.39. The number of aliphatic hydroxyl groups excluding tert-OH is 1. The van der Waals surface area contributed by atoms with Gasteiger partial charge < -0.3 is 16.2 Å². The van der Waals surface area contributed by atoms with Crippen molar-refractivity contribution in [2.24, 2.45) is 5.73 Å². The summed E-state index contributed by atoms with van der Waals surface area (Å²) in [5.41, 5.74) is 6.08. The maximum Gasteiger partial charge on any atom is 0.250 e. The lowest BCUT2D eigenvalue weighted by atomic mass is 10.2. The number of allylic oxidation sites excluding steroid dienone is 3. The zero-order valence-corrected chi connectivity index (χ0v) is 8.94. The first kappa shape index (κ1) is 13.6. The molecule has 0 aliphatic carbocycles. The number of carbonyl (C=O) groups is 1. The molecule has 0 spiro atoms. The number of nitrogens with two attached hydrogens (primary N) is 1. The van der Waals surface area contributed by atoms with Crippen LogP contribution < -0.4 is 11.1 Å². The Bertz CT molecular complexity index is 270. The number of aliphatic hydroxyl groups is 1. The Morgan fingerprint density at radius 2 is 2.33 bits per heavy atom. The van der Waals surface area contributed by atoms with E-state index in [9.17, 15) is 4.79 Å². The maximum atomic E-state index is 11.2. The Morgan fingerprint density at radius 3 is 2.80 bits per heavy atom. The highest BCUT2D eigenvalue weighted by atomic mass is 16.3. The molecule has 1 atom stereocenters. The number of hydrogen-bond acceptors (Lipinski definition) is 3. The van der Waals surface area contributed by atoms with E-state index < -0.39 is 12.0 Å². The summed E-state index contributed by atoms with van der Waals surface area (Å²) in [4.78, 5) is 11.2. The highest BCUT2D eigenvalue weighted by molar-refractivity contribution is 5.80. The lowest BCUT2D eigenvalue weighted by molar-refractivity contribution is -0.128. The zero-order valence-electron chi connectivity index (χ0n) is 8.94. The van der Waals surface area contributed by atoms with Crippen LogP contribution in [0.5, 0.6) is 0 Å². The van der Waals surface area contributed by atoms with Gasteiger partial charge in [-0.15, -0.1) is 0 Å². The number of rotatable bonds is 6. The number of hydrogen-bond donors (Lipinski definition) is 3. The lowest BCUT2D eigenvalue weighted by Crippen LogP contribution is -2.39. The van der Waals surface area contributed by atoms with Crippen LogP contribution >= 0.6 is 0 Å². The number of nitrogens with one attached hydrogen (secondary N) is 1. The van der Waals surface area contributed by atoms with Gasteiger partial charge in [-0.2, -0.15) is 0 Å². The van der Waals surface area contributed by atoms with Crippen LogP contribution in [0, 0.1) is 0 Å². The largest absolute Gasteiger partial charge is 0.382 e. The van der Waals surface area contributed by atoms with Crippen molar-refractivity contribution in [3.63, 3.8) is 0 Å². The Labute approximate surface area is 90.2 Å². The van der Waals surface area contributed by atoms with Gasteiger partial charge in [0.05, 0.1) is 0 Å². The first-order valence-electron chi connectivity index (χ1n) is 4.75. The van der Waals surface area contributed by atoms with Gasteiger partial charge in [0.1, 0.15) is 6.10 Å². The average Bonchev–Trinajstić information content (AvgIpc) is 2.27. The molecule has 0 aromatic rings. The van der Waals surface area contributed by atoms with Gasteiger partial charge in [0.15, 0.2) is 0 Å². The Balaban J connectivity index is 4.07. The van der Waals surface area contributed by atoms with Gasteiger partial charge in [-0.1, -0.05) is 30.9 Å². The molecule has 1 amide bonds. The second-order valence-corrected chi connectivity index (χ2v) is 2.93. The number of carbonyl (C=O) groups excluding carboxylic acids is 1. The fourth-order valence-corrected chi connectivity index (χ4v) is 0.863. The van der Waals surface area contributed by atoms with Gasteiger partial charge in [0.25, 0.3) is 0 Å². The zero-order chi connectivity index (χ0) is 11.7. The van der Waals surface area contributed by atoms with Crippen LogP contribution in [0.15, 0.2) is 36.5 Å². The van der Waals surface area contributed by atoms with Crippen molar-refractivity contribution in [2.75, 3.05) is 13.1 Å². The number of amides is 1. The molecule has 0 fully saturated rings. The molecule has 4 nitrogen and oxygen atoms in total. The first-order chi connectivity index (χ1) is 7.15. The van der Waals surface area contributed by atoms with Crippen LogP contribution in [0.2, 0.25) is 0 Å². The summed E-state index contributed by atoms with van der Waals surface area (Å²) < 4.78 is 0. The summed E-state index contributed by atoms with van der Waals surface area (Å²) in [6.45, 7) is 5.72. The summed E-state index contributed by atoms with van der Waals surface area (Å²) in [7, 11) is 0. The molecule has 0 aliphatic rings. The van der Waals surface area contributed by atoms with Crippen molar-refractivity contribution in [3.05, 3.63) is 36.5 Å². The third-order valence-electron chi connectivity index (χ3n) is 1.81. The molecule has 0 saturated heterocycles. The summed E-state index contributed by atoms with van der Waals surface area (Å²) >= 11 is 0. The first-order valence-corrected chi connectivity index (χ1v) is 4.75. The van der Waals surface area contributed by atoms with Crippen molar-refractivity contribution in [1.29, 1.82) is 0 Å². The third kappa shape index (κ3) is 5.83. The molecule has 0 aliphatic heterocycles. The van der Waals surface area contributed by atoms with Crippen LogP contribution in [0.3, 0.4) is 0 Å². The van der Waals surface area contributed by atoms with Gasteiger partial charge in [-0.05, 0) is 12.5 Å². The van der Waals surface area contributed by atoms with E-state index in [1.165, 1.54) is 0 Å². The molecule has 4 heteroatoms. The van der Waals surface area contributed by atoms with Crippen molar-refractivity contribution in [3.8, 4) is 0 Å². The topological polar surface area (TPSA) is 75.3 Å². The average molecular weight is 210 g/mol. The van der Waals surface area contributed by atoms with Crippen LogP contribution in [0.4, 0.5) is 0 Å². The van der Waals surface area contributed by atoms with E-state index in [2.05, 4.69) is 11.9 Å². The van der Waals surface area contributed by atoms with E-state index in [0.29, 0.717) is 6.54 Å². The molecule has 1 unspecified atom stereocenters. The predicted molar refractivity (Wildman–Crippen MR) is 61.2 cm³/mol. The van der Waals surface area contributed by atoms with Crippen molar-refractivity contribution < 1.29 is 9.90 Å². The van der Waals surface area contributed by atoms with Crippen molar-refractivity contribution in [1.82, 2.24) is 5.32 Å². The molecule has 4 N–H and O–H groups in total. The smallest absolute Gasteiger partial charge is 0.250 e. The van der Waals surface area contributed by atoms with E-state index in [-0.39, 0.29) is 6.54 Å². The molecular formula is C11H18N2O2. The maximum absolute atomic E-state index is 11.2. The van der Waals surface area contributed by atoms with E-state index in [1.807, 2.05) is 19.1 Å². The van der Waals surface area contributed by atoms with Crippen LogP contribution in [-0.4, -0.2) is 30.2 Å². The molecule has 0 radical (unpaired) electrons. The van der Waals surface area contributed by atoms with Crippen LogP contribution in [0.1, 0.15) is 6.92 Å². The molecular weight excluding hydrogens is 192 g/mol. The monoisotopic (exact) mass is 210 g/mol. The predicted octanol–water partition coefficient (Wildman–Crippen LogP) is 0.111. The SMILES string of the molecule is C=C/C=C\C(=C/C)CNC(=O)C(O)CN. The highest BCUT2D eigenvalue weighted by Gasteiger charge is 2.11. The lowest BCUT2D eigenvalue weighted by Gasteiger charge is -2.09. The second kappa shape index (κ2) is 7.96. The Kier molecular flexibility index (Phi) is 7.23. The summed E-state index contributed by atoms with van der Waals surface area (Å²) in [6.07, 6.45) is 6.00. The fourth-order valence-electron chi connectivity index (χ4n) is 0.863. The summed E-state index contributed by atoms with van der Waals surface area (Å²) in [6, 6.07) is 0. The van der Waals surface area contributed by atoms with Gasteiger partial charge in [-0.25, -0.2) is 0 Å². The van der Waals surface area contributed by atoms with E-state index in [0.717, 1.165) is 5.57 Å². The van der Waals surface area contributed by atoms with Crippen molar-refractivity contribution in [2.45, 2.75) is 13.0 Å². The minimum absolute atomic E-state index is 0.0699. The van der Waals surface area contributed by atoms with Gasteiger partial charge in [0.2, 0.25) is 5.91 Å². The quantitative estimate of drug-likeness (QED) is 0.545. The molecule has 0 aromatic heterocycles. The van der Waals surface area contributed by atoms with Gasteiger partial charge in [-0.3, -0.25) is 4.79 Å². The third-order valence-corrected chi connectivity index (χ3v) is 1.81. The molecule has 84 valence electrons. The second-order valence-electron chi connectivity index (χ2n) is 2.93. The minimum atomic E-state index is -1.13. The molecule has 0 rings (SSSR count). The summed E-state index contributed by atoms with van der Waals surface area (Å²) in [5.74, 6) is -0.455. The van der Waals surface area contributed by atoms with Crippen molar-refractivity contribution >= 4 is 5.91 Å². The normalized spacial score (nSPS) is 13.9.